The van der Waals surface area contributed by atoms with Crippen LogP contribution in [0, 0.1) is 0 Å². The van der Waals surface area contributed by atoms with Gasteiger partial charge >= 0.3 is 0 Å². The third kappa shape index (κ3) is 7.31. The molecule has 0 fully saturated rings. The van der Waals surface area contributed by atoms with Crippen molar-refractivity contribution in [2.75, 3.05) is 11.9 Å². The van der Waals surface area contributed by atoms with E-state index in [1.54, 1.807) is 10.9 Å². The minimum atomic E-state index is -0.496. The van der Waals surface area contributed by atoms with Crippen molar-refractivity contribution in [3.8, 4) is 22.7 Å². The number of nitrogens with zero attached hydrogens (tertiary/aromatic N) is 2. The molecule has 4 aromatic rings. The van der Waals surface area contributed by atoms with Crippen LogP contribution in [0.5, 0.6) is 5.75 Å². The summed E-state index contributed by atoms with van der Waals surface area (Å²) < 4.78 is 14.7. The third-order valence-corrected chi connectivity index (χ3v) is 5.99. The highest BCUT2D eigenvalue weighted by Crippen LogP contribution is 2.27. The number of halogens is 1. The normalized spacial score (nSPS) is 11.8. The van der Waals surface area contributed by atoms with Gasteiger partial charge < -0.3 is 14.8 Å². The van der Waals surface area contributed by atoms with Gasteiger partial charge in [0.05, 0.1) is 23.5 Å². The van der Waals surface area contributed by atoms with Crippen LogP contribution in [0.3, 0.4) is 0 Å². The molecule has 7 heteroatoms. The van der Waals surface area contributed by atoms with Crippen molar-refractivity contribution in [3.63, 3.8) is 0 Å². The highest BCUT2D eigenvalue weighted by molar-refractivity contribution is 9.10. The fourth-order valence-electron chi connectivity index (χ4n) is 3.62. The van der Waals surface area contributed by atoms with E-state index < -0.39 is 5.60 Å². The number of rotatable bonds is 8. The molecule has 0 saturated carbocycles. The molecule has 0 radical (unpaired) electrons. The molecule has 4 rings (SSSR count). The van der Waals surface area contributed by atoms with Crippen molar-refractivity contribution < 1.29 is 14.3 Å². The fourth-order valence-corrected chi connectivity index (χ4v) is 3.88. The Bertz CT molecular complexity index is 1340. The highest BCUT2D eigenvalue weighted by Gasteiger charge is 2.24. The van der Waals surface area contributed by atoms with Crippen LogP contribution in [0.25, 0.3) is 16.9 Å². The number of amides is 1. The van der Waals surface area contributed by atoms with Gasteiger partial charge in [-0.15, -0.1) is 0 Å². The first-order valence-corrected chi connectivity index (χ1v) is 12.9. The molecule has 37 heavy (non-hydrogen) atoms. The number of para-hydroxylation sites is 1. The van der Waals surface area contributed by atoms with Gasteiger partial charge in [-0.05, 0) is 83.1 Å². The number of carbonyl (C=O) groups is 1. The number of anilines is 1. The topological polar surface area (TPSA) is 65.4 Å². The van der Waals surface area contributed by atoms with Crippen LogP contribution in [0.15, 0.2) is 89.5 Å². The largest absolute Gasteiger partial charge is 0.485 e. The number of benzene rings is 3. The van der Waals surface area contributed by atoms with Gasteiger partial charge in [-0.2, -0.15) is 5.10 Å². The highest BCUT2D eigenvalue weighted by atomic mass is 79.9. The monoisotopic (exact) mass is 561 g/mol. The van der Waals surface area contributed by atoms with Crippen LogP contribution in [-0.2, 0) is 4.74 Å². The number of hydrogen-bond donors (Lipinski definition) is 1. The van der Waals surface area contributed by atoms with Crippen LogP contribution in [0.2, 0.25) is 0 Å². The molecule has 0 aliphatic carbocycles. The van der Waals surface area contributed by atoms with Crippen molar-refractivity contribution in [2.24, 2.45) is 0 Å². The smallest absolute Gasteiger partial charge is 0.259 e. The van der Waals surface area contributed by atoms with E-state index in [0.717, 1.165) is 15.7 Å². The van der Waals surface area contributed by atoms with Gasteiger partial charge in [0.15, 0.2) is 0 Å². The molecular formula is C30H32BrN3O3. The Morgan fingerprint density at radius 2 is 1.57 bits per heavy atom. The molecule has 0 bridgehead atoms. The average Bonchev–Trinajstić information content (AvgIpc) is 3.30. The van der Waals surface area contributed by atoms with Gasteiger partial charge in [0.1, 0.15) is 17.0 Å². The molecule has 0 spiro atoms. The Kier molecular flexibility index (Phi) is 7.85. The van der Waals surface area contributed by atoms with Gasteiger partial charge in [0.2, 0.25) is 0 Å². The van der Waals surface area contributed by atoms with E-state index in [9.17, 15) is 4.79 Å². The van der Waals surface area contributed by atoms with Gasteiger partial charge in [-0.1, -0.05) is 46.3 Å². The zero-order valence-corrected chi connectivity index (χ0v) is 23.4. The van der Waals surface area contributed by atoms with Crippen LogP contribution in [-0.4, -0.2) is 33.5 Å². The first-order chi connectivity index (χ1) is 17.5. The van der Waals surface area contributed by atoms with E-state index in [-0.39, 0.29) is 11.5 Å². The zero-order chi connectivity index (χ0) is 26.6. The van der Waals surface area contributed by atoms with Crippen LogP contribution >= 0.6 is 15.9 Å². The van der Waals surface area contributed by atoms with E-state index in [1.165, 1.54) is 0 Å². The summed E-state index contributed by atoms with van der Waals surface area (Å²) in [5.74, 6) is 0.459. The molecule has 1 N–H and O–H groups in total. The van der Waals surface area contributed by atoms with Gasteiger partial charge in [0, 0.05) is 21.9 Å². The lowest BCUT2D eigenvalue weighted by Crippen LogP contribution is -2.37. The summed E-state index contributed by atoms with van der Waals surface area (Å²) in [5, 5.41) is 7.74. The predicted octanol–water partition coefficient (Wildman–Crippen LogP) is 7.53. The first-order valence-electron chi connectivity index (χ1n) is 12.1. The molecule has 1 aromatic heterocycles. The van der Waals surface area contributed by atoms with E-state index in [2.05, 4.69) is 21.2 Å². The molecule has 0 saturated heterocycles. The first kappa shape index (κ1) is 26.6. The van der Waals surface area contributed by atoms with Crippen molar-refractivity contribution in [3.05, 3.63) is 95.1 Å². The Morgan fingerprint density at radius 3 is 2.19 bits per heavy atom. The maximum absolute atomic E-state index is 13.4. The van der Waals surface area contributed by atoms with Crippen LogP contribution < -0.4 is 10.1 Å². The Morgan fingerprint density at radius 1 is 0.919 bits per heavy atom. The summed E-state index contributed by atoms with van der Waals surface area (Å²) in [7, 11) is 0. The maximum Gasteiger partial charge on any atom is 0.259 e. The quantitative estimate of drug-likeness (QED) is 0.241. The lowest BCUT2D eigenvalue weighted by atomic mass is 10.1. The molecule has 3 aromatic carbocycles. The average molecular weight is 563 g/mol. The molecule has 6 nitrogen and oxygen atoms in total. The second kappa shape index (κ2) is 10.9. The third-order valence-electron chi connectivity index (χ3n) is 5.46. The number of aromatic nitrogens is 2. The van der Waals surface area contributed by atoms with E-state index in [4.69, 9.17) is 14.6 Å². The summed E-state index contributed by atoms with van der Waals surface area (Å²) in [5.41, 5.74) is 2.74. The summed E-state index contributed by atoms with van der Waals surface area (Å²) in [6, 6.07) is 24.8. The van der Waals surface area contributed by atoms with E-state index in [1.807, 2.05) is 113 Å². The van der Waals surface area contributed by atoms with E-state index >= 15 is 0 Å². The van der Waals surface area contributed by atoms with Crippen LogP contribution in [0.4, 0.5) is 5.69 Å². The Labute approximate surface area is 226 Å². The standard InChI is InChI=1S/C30H32BrN3O3/c1-29(2,3)36-20-30(4,5)37-25-17-15-23(16-18-25)32-28(35)26-19-34(24-9-7-6-8-10-24)33-27(26)21-11-13-22(31)14-12-21/h6-19H,20H2,1-5H3,(H,32,35). The minimum Gasteiger partial charge on any atom is -0.485 e. The number of ether oxygens (including phenoxy) is 2. The number of hydrogen-bond acceptors (Lipinski definition) is 4. The Hall–Kier alpha value is -3.42. The van der Waals surface area contributed by atoms with Crippen molar-refractivity contribution in [1.29, 1.82) is 0 Å². The van der Waals surface area contributed by atoms with Crippen molar-refractivity contribution >= 4 is 27.5 Å². The van der Waals surface area contributed by atoms with E-state index in [0.29, 0.717) is 29.3 Å². The predicted molar refractivity (Wildman–Crippen MR) is 152 cm³/mol. The molecule has 192 valence electrons. The molecule has 0 atom stereocenters. The maximum atomic E-state index is 13.4. The molecule has 0 unspecified atom stereocenters. The fraction of sp³-hybridized carbons (Fsp3) is 0.267. The lowest BCUT2D eigenvalue weighted by Gasteiger charge is -2.30. The second-order valence-corrected chi connectivity index (χ2v) is 11.3. The van der Waals surface area contributed by atoms with Gasteiger partial charge in [-0.3, -0.25) is 4.79 Å². The van der Waals surface area contributed by atoms with Gasteiger partial charge in [-0.25, -0.2) is 4.68 Å². The summed E-state index contributed by atoms with van der Waals surface area (Å²) in [6.07, 6.45) is 1.76. The molecule has 1 heterocycles. The lowest BCUT2D eigenvalue weighted by molar-refractivity contribution is -0.0722. The van der Waals surface area contributed by atoms with Crippen molar-refractivity contribution in [2.45, 2.75) is 45.8 Å². The molecule has 0 aliphatic heterocycles. The summed E-state index contributed by atoms with van der Waals surface area (Å²) in [4.78, 5) is 13.4. The molecule has 1 amide bonds. The zero-order valence-electron chi connectivity index (χ0n) is 21.8. The second-order valence-electron chi connectivity index (χ2n) is 10.4. The Balaban J connectivity index is 1.53. The molecular weight excluding hydrogens is 530 g/mol. The molecule has 0 aliphatic rings. The van der Waals surface area contributed by atoms with Crippen molar-refractivity contribution in [1.82, 2.24) is 9.78 Å². The van der Waals surface area contributed by atoms with Crippen LogP contribution in [0.1, 0.15) is 45.0 Å². The summed E-state index contributed by atoms with van der Waals surface area (Å²) >= 11 is 3.47. The minimum absolute atomic E-state index is 0.238. The number of nitrogens with one attached hydrogen (secondary N) is 1. The summed E-state index contributed by atoms with van der Waals surface area (Å²) in [6.45, 7) is 10.5. The number of carbonyl (C=O) groups excluding carboxylic acids is 1. The SMILES string of the molecule is CC(C)(C)OCC(C)(C)Oc1ccc(NC(=O)c2cn(-c3ccccc3)nc2-c2ccc(Br)cc2)cc1. The van der Waals surface area contributed by atoms with Gasteiger partial charge in [0.25, 0.3) is 5.91 Å².